The van der Waals surface area contributed by atoms with Crippen molar-refractivity contribution < 1.29 is 45.9 Å². The highest BCUT2D eigenvalue weighted by Gasteiger charge is 2.33. The van der Waals surface area contributed by atoms with Gasteiger partial charge < -0.3 is 14.3 Å². The van der Waals surface area contributed by atoms with Crippen molar-refractivity contribution in [3.63, 3.8) is 0 Å². The number of nitrogens with zero attached hydrogens (tertiary/aromatic N) is 1. The molecule has 5 nitrogen and oxygen atoms in total. The predicted octanol–water partition coefficient (Wildman–Crippen LogP) is 2.53. The van der Waals surface area contributed by atoms with Gasteiger partial charge in [0.05, 0.1) is 12.6 Å². The standard InChI is InChI=1S/C16H16F5NO4/c1-8(2)16(25)26-5-4-22(3,7-10(23)24)6-9-11(17)13(19)15(21)14(20)12(9)18/h1,4-7H2,2-3H3/p+1. The Labute approximate surface area is 145 Å². The van der Waals surface area contributed by atoms with Crippen LogP contribution in [0.1, 0.15) is 12.5 Å². The third-order valence-corrected chi connectivity index (χ3v) is 3.57. The van der Waals surface area contributed by atoms with Crippen LogP contribution in [0.3, 0.4) is 0 Å². The van der Waals surface area contributed by atoms with E-state index in [4.69, 9.17) is 9.84 Å². The molecule has 1 N–H and O–H groups in total. The van der Waals surface area contributed by atoms with Crippen molar-refractivity contribution in [2.24, 2.45) is 0 Å². The molecule has 144 valence electrons. The van der Waals surface area contributed by atoms with E-state index in [0.29, 0.717) is 0 Å². The zero-order valence-corrected chi connectivity index (χ0v) is 14.0. The van der Waals surface area contributed by atoms with Crippen LogP contribution in [0.5, 0.6) is 0 Å². The Balaban J connectivity index is 3.13. The van der Waals surface area contributed by atoms with Gasteiger partial charge in [-0.3, -0.25) is 0 Å². The van der Waals surface area contributed by atoms with Crippen LogP contribution in [0.4, 0.5) is 22.0 Å². The number of carboxylic acids is 1. The topological polar surface area (TPSA) is 63.6 Å². The fraction of sp³-hybridized carbons (Fsp3) is 0.375. The summed E-state index contributed by atoms with van der Waals surface area (Å²) in [5.41, 5.74) is -1.06. The van der Waals surface area contributed by atoms with Gasteiger partial charge in [-0.15, -0.1) is 0 Å². The maximum Gasteiger partial charge on any atom is 0.359 e. The molecule has 0 aliphatic heterocycles. The average molecular weight is 382 g/mol. The van der Waals surface area contributed by atoms with E-state index in [2.05, 4.69) is 6.58 Å². The lowest BCUT2D eigenvalue weighted by Gasteiger charge is -2.33. The molecule has 0 spiro atoms. The molecule has 0 fully saturated rings. The minimum Gasteiger partial charge on any atom is -0.477 e. The van der Waals surface area contributed by atoms with E-state index in [0.717, 1.165) is 0 Å². The maximum absolute atomic E-state index is 13.9. The molecule has 26 heavy (non-hydrogen) atoms. The van der Waals surface area contributed by atoms with E-state index >= 15 is 0 Å². The monoisotopic (exact) mass is 382 g/mol. The average Bonchev–Trinajstić information content (AvgIpc) is 2.54. The van der Waals surface area contributed by atoms with Gasteiger partial charge in [-0.25, -0.2) is 31.5 Å². The van der Waals surface area contributed by atoms with Crippen molar-refractivity contribution in [3.8, 4) is 0 Å². The second-order valence-corrected chi connectivity index (χ2v) is 6.02. The SMILES string of the molecule is C=C(C)C(=O)OCC[N+](C)(CC(=O)O)Cc1c(F)c(F)c(F)c(F)c1F. The number of carboxylic acid groups (broad SMARTS) is 1. The normalized spacial score (nSPS) is 13.2. The molecule has 0 saturated carbocycles. The lowest BCUT2D eigenvalue weighted by atomic mass is 10.1. The number of quaternary nitrogens is 1. The minimum atomic E-state index is -2.30. The number of ether oxygens (including phenoxy) is 1. The van der Waals surface area contributed by atoms with Gasteiger partial charge in [0.2, 0.25) is 5.82 Å². The molecule has 0 saturated heterocycles. The molecular weight excluding hydrogens is 365 g/mol. The lowest BCUT2D eigenvalue weighted by molar-refractivity contribution is -0.916. The number of aliphatic carboxylic acids is 1. The zero-order valence-electron chi connectivity index (χ0n) is 14.0. The lowest BCUT2D eigenvalue weighted by Crippen LogP contribution is -2.49. The number of benzene rings is 1. The Kier molecular flexibility index (Phi) is 6.85. The van der Waals surface area contributed by atoms with E-state index < -0.39 is 64.2 Å². The molecule has 0 radical (unpaired) electrons. The molecule has 1 atom stereocenters. The summed E-state index contributed by atoms with van der Waals surface area (Å²) < 4.78 is 71.6. The molecule has 0 aliphatic carbocycles. The Morgan fingerprint density at radius 1 is 1.04 bits per heavy atom. The van der Waals surface area contributed by atoms with E-state index in [-0.39, 0.29) is 18.7 Å². The Morgan fingerprint density at radius 2 is 1.50 bits per heavy atom. The minimum absolute atomic E-state index is 0.0807. The molecule has 1 aromatic carbocycles. The predicted molar refractivity (Wildman–Crippen MR) is 79.3 cm³/mol. The van der Waals surface area contributed by atoms with Gasteiger partial charge in [0.1, 0.15) is 19.7 Å². The molecule has 0 aromatic heterocycles. The highest BCUT2D eigenvalue weighted by molar-refractivity contribution is 5.86. The van der Waals surface area contributed by atoms with Crippen molar-refractivity contribution in [2.75, 3.05) is 26.7 Å². The first-order valence-corrected chi connectivity index (χ1v) is 7.28. The van der Waals surface area contributed by atoms with Gasteiger partial charge in [0, 0.05) is 5.57 Å². The summed E-state index contributed by atoms with van der Waals surface area (Å²) in [5, 5.41) is 8.98. The molecule has 10 heteroatoms. The molecule has 0 bridgehead atoms. The number of carbonyl (C=O) groups excluding carboxylic acids is 1. The van der Waals surface area contributed by atoms with Gasteiger partial charge in [0.15, 0.2) is 29.8 Å². The zero-order chi connectivity index (χ0) is 20.2. The summed E-state index contributed by atoms with van der Waals surface area (Å²) >= 11 is 0. The van der Waals surface area contributed by atoms with Crippen molar-refractivity contribution >= 4 is 11.9 Å². The van der Waals surface area contributed by atoms with Crippen LogP contribution < -0.4 is 0 Å². The maximum atomic E-state index is 13.9. The smallest absolute Gasteiger partial charge is 0.359 e. The Morgan fingerprint density at radius 3 is 1.92 bits per heavy atom. The molecule has 0 aliphatic rings. The largest absolute Gasteiger partial charge is 0.477 e. The molecular formula is C16H17F5NO4+. The number of carbonyl (C=O) groups is 2. The van der Waals surface area contributed by atoms with E-state index in [9.17, 15) is 31.5 Å². The Hall–Kier alpha value is -2.49. The van der Waals surface area contributed by atoms with Crippen LogP contribution in [0.25, 0.3) is 0 Å². The van der Waals surface area contributed by atoms with Gasteiger partial charge in [0.25, 0.3) is 0 Å². The second-order valence-electron chi connectivity index (χ2n) is 6.02. The van der Waals surface area contributed by atoms with Gasteiger partial charge in [-0.05, 0) is 6.92 Å². The molecule has 1 aromatic rings. The van der Waals surface area contributed by atoms with Crippen LogP contribution >= 0.6 is 0 Å². The van der Waals surface area contributed by atoms with E-state index in [1.807, 2.05) is 0 Å². The molecule has 1 unspecified atom stereocenters. The molecule has 1 rings (SSSR count). The van der Waals surface area contributed by atoms with Crippen LogP contribution in [0, 0.1) is 29.1 Å². The summed E-state index contributed by atoms with van der Waals surface area (Å²) in [4.78, 5) is 22.4. The number of likely N-dealkylation sites (N-methyl/N-ethyl adjacent to an activating group) is 1. The number of hydrogen-bond acceptors (Lipinski definition) is 3. The Bertz CT molecular complexity index is 724. The van der Waals surface area contributed by atoms with E-state index in [1.54, 1.807) is 0 Å². The van der Waals surface area contributed by atoms with Crippen LogP contribution in [0.2, 0.25) is 0 Å². The van der Waals surface area contributed by atoms with Crippen molar-refractivity contribution in [1.82, 2.24) is 0 Å². The third kappa shape index (κ3) is 5.01. The van der Waals surface area contributed by atoms with Crippen molar-refractivity contribution in [1.29, 1.82) is 0 Å². The first kappa shape index (κ1) is 21.6. The highest BCUT2D eigenvalue weighted by Crippen LogP contribution is 2.25. The fourth-order valence-electron chi connectivity index (χ4n) is 2.19. The van der Waals surface area contributed by atoms with Gasteiger partial charge in [-0.1, -0.05) is 6.58 Å². The van der Waals surface area contributed by atoms with Crippen molar-refractivity contribution in [2.45, 2.75) is 13.5 Å². The van der Waals surface area contributed by atoms with Crippen LogP contribution in [-0.2, 0) is 20.9 Å². The summed E-state index contributed by atoms with van der Waals surface area (Å²) in [5.74, 6) is -12.7. The summed E-state index contributed by atoms with van der Waals surface area (Å²) in [7, 11) is 1.22. The first-order chi connectivity index (χ1) is 11.9. The molecule has 0 amide bonds. The van der Waals surface area contributed by atoms with Gasteiger partial charge >= 0.3 is 11.9 Å². The molecule has 0 heterocycles. The van der Waals surface area contributed by atoms with Gasteiger partial charge in [-0.2, -0.15) is 0 Å². The number of halogens is 5. The quantitative estimate of drug-likeness (QED) is 0.187. The number of esters is 1. The van der Waals surface area contributed by atoms with Crippen molar-refractivity contribution in [3.05, 3.63) is 46.8 Å². The summed E-state index contributed by atoms with van der Waals surface area (Å²) in [6.07, 6.45) is 0. The highest BCUT2D eigenvalue weighted by atomic mass is 19.2. The number of hydrogen-bond donors (Lipinski definition) is 1. The third-order valence-electron chi connectivity index (χ3n) is 3.57. The fourth-order valence-corrected chi connectivity index (χ4v) is 2.19. The van der Waals surface area contributed by atoms with E-state index in [1.165, 1.54) is 14.0 Å². The van der Waals surface area contributed by atoms with Crippen LogP contribution in [0.15, 0.2) is 12.2 Å². The van der Waals surface area contributed by atoms with Crippen LogP contribution in [-0.4, -0.2) is 48.3 Å². The first-order valence-electron chi connectivity index (χ1n) is 7.28. The number of rotatable bonds is 8. The summed E-state index contributed by atoms with van der Waals surface area (Å²) in [6, 6.07) is 0. The summed E-state index contributed by atoms with van der Waals surface area (Å²) in [6.45, 7) is 2.61. The second kappa shape index (κ2) is 8.26.